The first-order valence-electron chi connectivity index (χ1n) is 9.88. The maximum absolute atomic E-state index is 14.9. The number of hydrogen-bond donors (Lipinski definition) is 2. The second-order valence-electron chi connectivity index (χ2n) is 9.39. The van der Waals surface area contributed by atoms with Gasteiger partial charge in [0.2, 0.25) is 0 Å². The maximum atomic E-state index is 14.9. The number of H-pyrrole nitrogens is 1. The molecule has 6 nitrogen and oxygen atoms in total. The molecule has 1 atom stereocenters. The first kappa shape index (κ1) is 21.8. The molecule has 1 fully saturated rings. The molecule has 0 aliphatic carbocycles. The fourth-order valence-corrected chi connectivity index (χ4v) is 4.26. The second kappa shape index (κ2) is 7.76. The number of aliphatic hydroxyl groups is 1. The number of aliphatic hydroxyl groups excluding tert-OH is 1. The Hall–Kier alpha value is -1.86. The van der Waals surface area contributed by atoms with E-state index in [1.54, 1.807) is 11.1 Å². The zero-order valence-electron chi connectivity index (χ0n) is 17.6. The van der Waals surface area contributed by atoms with Gasteiger partial charge in [-0.15, -0.1) is 0 Å². The summed E-state index contributed by atoms with van der Waals surface area (Å²) in [4.78, 5) is 14.0. The monoisotopic (exact) mass is 425 g/mol. The van der Waals surface area contributed by atoms with E-state index in [0.29, 0.717) is 36.8 Å². The molecule has 1 amide bonds. The lowest BCUT2D eigenvalue weighted by Crippen LogP contribution is -2.45. The zero-order chi connectivity index (χ0) is 21.6. The van der Waals surface area contributed by atoms with E-state index < -0.39 is 22.9 Å². The minimum absolute atomic E-state index is 0.0384. The van der Waals surface area contributed by atoms with E-state index in [1.165, 1.54) is 6.07 Å². The zero-order valence-corrected chi connectivity index (χ0v) is 18.3. The predicted octanol–water partition coefficient (Wildman–Crippen LogP) is 5.06. The number of likely N-dealkylation sites (tertiary alicyclic amines) is 1. The highest BCUT2D eigenvalue weighted by Crippen LogP contribution is 2.47. The minimum Gasteiger partial charge on any atom is -0.444 e. The molecule has 160 valence electrons. The predicted molar refractivity (Wildman–Crippen MR) is 110 cm³/mol. The van der Waals surface area contributed by atoms with Crippen molar-refractivity contribution in [3.8, 4) is 0 Å². The van der Waals surface area contributed by atoms with Gasteiger partial charge in [-0.25, -0.2) is 9.18 Å². The Morgan fingerprint density at radius 3 is 2.55 bits per heavy atom. The van der Waals surface area contributed by atoms with E-state index in [2.05, 4.69) is 10.2 Å². The molecule has 1 aliphatic heterocycles. The number of hydrogen-bond acceptors (Lipinski definition) is 4. The molecule has 3 rings (SSSR count). The molecule has 1 saturated heterocycles. The quantitative estimate of drug-likeness (QED) is 0.720. The Bertz CT molecular complexity index is 898. The molecule has 29 heavy (non-hydrogen) atoms. The molecule has 0 spiro atoms. The number of nitrogens with one attached hydrogen (secondary N) is 1. The fraction of sp³-hybridized carbons (Fsp3) is 0.619. The smallest absolute Gasteiger partial charge is 0.410 e. The van der Waals surface area contributed by atoms with Crippen LogP contribution in [0.15, 0.2) is 12.3 Å². The molecule has 1 aromatic heterocycles. The third-order valence-corrected chi connectivity index (χ3v) is 6.12. The first-order chi connectivity index (χ1) is 13.4. The average Bonchev–Trinajstić information content (AvgIpc) is 3.08. The summed E-state index contributed by atoms with van der Waals surface area (Å²) in [6.07, 6.45) is 1.54. The van der Waals surface area contributed by atoms with Crippen LogP contribution in [0.3, 0.4) is 0 Å². The van der Waals surface area contributed by atoms with Gasteiger partial charge in [0.1, 0.15) is 11.4 Å². The van der Waals surface area contributed by atoms with Gasteiger partial charge in [-0.3, -0.25) is 5.10 Å². The highest BCUT2D eigenvalue weighted by atomic mass is 35.5. The number of carbonyl (C=O) groups excluding carboxylic acids is 1. The Labute approximate surface area is 175 Å². The molecule has 0 radical (unpaired) electrons. The number of aromatic nitrogens is 2. The van der Waals surface area contributed by atoms with Gasteiger partial charge >= 0.3 is 6.09 Å². The van der Waals surface area contributed by atoms with Crippen molar-refractivity contribution >= 4 is 28.6 Å². The number of nitrogens with zero attached hydrogens (tertiary/aromatic N) is 2. The van der Waals surface area contributed by atoms with Crippen LogP contribution in [0.25, 0.3) is 10.9 Å². The van der Waals surface area contributed by atoms with E-state index in [9.17, 15) is 14.3 Å². The van der Waals surface area contributed by atoms with Crippen molar-refractivity contribution in [1.29, 1.82) is 0 Å². The number of halogens is 2. The molecule has 8 heteroatoms. The number of aromatic amines is 1. The molecule has 0 bridgehead atoms. The minimum atomic E-state index is -1.08. The van der Waals surface area contributed by atoms with Crippen molar-refractivity contribution in [2.75, 3.05) is 13.1 Å². The van der Waals surface area contributed by atoms with Crippen LogP contribution in [-0.2, 0) is 4.74 Å². The Balaban J connectivity index is 1.78. The molecular weight excluding hydrogens is 397 g/mol. The Morgan fingerprint density at radius 1 is 1.34 bits per heavy atom. The number of fused-ring (bicyclic) bond motifs is 1. The van der Waals surface area contributed by atoms with Crippen LogP contribution in [0, 0.1) is 17.2 Å². The van der Waals surface area contributed by atoms with E-state index in [0.717, 1.165) is 0 Å². The standard InChI is InChI=1S/C21H29ClFN3O3/c1-20(2,3)29-19(28)26-8-6-13(7-9-26)21(4,5)18(27)15-16(23)14(22)10-12-11-24-25-17(12)15/h10-11,13,18,27H,6-9H2,1-5H3,(H,24,25)/t18-/m1/s1. The molecule has 0 unspecified atom stereocenters. The van der Waals surface area contributed by atoms with E-state index in [1.807, 2.05) is 34.6 Å². The van der Waals surface area contributed by atoms with Gasteiger partial charge in [0.05, 0.1) is 22.8 Å². The van der Waals surface area contributed by atoms with Gasteiger partial charge in [-0.1, -0.05) is 25.4 Å². The SMILES string of the molecule is CC(C)(C)OC(=O)N1CCC(C(C)(C)[C@H](O)c2c(F)c(Cl)cc3cn[nH]c23)CC1. The first-order valence-corrected chi connectivity index (χ1v) is 10.3. The summed E-state index contributed by atoms with van der Waals surface area (Å²) in [6, 6.07) is 1.50. The Kier molecular flexibility index (Phi) is 5.84. The van der Waals surface area contributed by atoms with Crippen molar-refractivity contribution in [2.45, 2.75) is 59.2 Å². The van der Waals surface area contributed by atoms with E-state index in [4.69, 9.17) is 16.3 Å². The third-order valence-electron chi connectivity index (χ3n) is 5.84. The lowest BCUT2D eigenvalue weighted by molar-refractivity contribution is -0.0267. The normalized spacial score (nSPS) is 17.6. The number of rotatable bonds is 3. The van der Waals surface area contributed by atoms with Crippen LogP contribution in [0.4, 0.5) is 9.18 Å². The number of benzene rings is 1. The van der Waals surface area contributed by atoms with Gasteiger partial charge in [-0.05, 0) is 51.0 Å². The fourth-order valence-electron chi connectivity index (χ4n) is 4.04. The summed E-state index contributed by atoms with van der Waals surface area (Å²) in [5.41, 5.74) is -0.574. The van der Waals surface area contributed by atoms with Gasteiger partial charge in [-0.2, -0.15) is 5.10 Å². The molecule has 1 aliphatic rings. The van der Waals surface area contributed by atoms with Crippen LogP contribution >= 0.6 is 11.6 Å². The largest absolute Gasteiger partial charge is 0.444 e. The maximum Gasteiger partial charge on any atom is 0.410 e. The lowest BCUT2D eigenvalue weighted by atomic mass is 9.68. The van der Waals surface area contributed by atoms with Gasteiger partial charge < -0.3 is 14.7 Å². The molecule has 2 aromatic rings. The van der Waals surface area contributed by atoms with Crippen molar-refractivity contribution in [2.24, 2.45) is 11.3 Å². The van der Waals surface area contributed by atoms with Crippen molar-refractivity contribution in [3.63, 3.8) is 0 Å². The van der Waals surface area contributed by atoms with Gasteiger partial charge in [0.15, 0.2) is 0 Å². The number of piperidine rings is 1. The second-order valence-corrected chi connectivity index (χ2v) is 9.79. The van der Waals surface area contributed by atoms with Crippen LogP contribution in [0.5, 0.6) is 0 Å². The van der Waals surface area contributed by atoms with Gasteiger partial charge in [0, 0.05) is 24.0 Å². The molecule has 0 saturated carbocycles. The van der Waals surface area contributed by atoms with Crippen molar-refractivity contribution in [1.82, 2.24) is 15.1 Å². The number of amides is 1. The summed E-state index contributed by atoms with van der Waals surface area (Å²) in [7, 11) is 0. The highest BCUT2D eigenvalue weighted by Gasteiger charge is 2.42. The lowest BCUT2D eigenvalue weighted by Gasteiger charge is -2.43. The van der Waals surface area contributed by atoms with Crippen LogP contribution in [-0.4, -0.2) is 45.0 Å². The molecule has 2 N–H and O–H groups in total. The summed E-state index contributed by atoms with van der Waals surface area (Å²) in [6.45, 7) is 10.4. The summed E-state index contributed by atoms with van der Waals surface area (Å²) < 4.78 is 20.3. The van der Waals surface area contributed by atoms with E-state index in [-0.39, 0.29) is 22.6 Å². The van der Waals surface area contributed by atoms with E-state index >= 15 is 0 Å². The summed E-state index contributed by atoms with van der Waals surface area (Å²) in [5.74, 6) is -0.539. The molecule has 2 heterocycles. The van der Waals surface area contributed by atoms with Crippen LogP contribution < -0.4 is 0 Å². The highest BCUT2D eigenvalue weighted by molar-refractivity contribution is 6.31. The summed E-state index contributed by atoms with van der Waals surface area (Å²) in [5, 5.41) is 18.6. The topological polar surface area (TPSA) is 78.4 Å². The third kappa shape index (κ3) is 4.36. The Morgan fingerprint density at radius 2 is 1.97 bits per heavy atom. The molecular formula is C21H29ClFN3O3. The van der Waals surface area contributed by atoms with Crippen molar-refractivity contribution in [3.05, 3.63) is 28.7 Å². The average molecular weight is 426 g/mol. The summed E-state index contributed by atoms with van der Waals surface area (Å²) >= 11 is 6.05. The van der Waals surface area contributed by atoms with Crippen molar-refractivity contribution < 1.29 is 19.0 Å². The van der Waals surface area contributed by atoms with Gasteiger partial charge in [0.25, 0.3) is 0 Å². The number of carbonyl (C=O) groups is 1. The van der Waals surface area contributed by atoms with Crippen LogP contribution in [0.2, 0.25) is 5.02 Å². The van der Waals surface area contributed by atoms with Crippen LogP contribution in [0.1, 0.15) is 59.1 Å². The number of ether oxygens (including phenoxy) is 1. The molecule has 1 aromatic carbocycles.